The zero-order valence-electron chi connectivity index (χ0n) is 20.8. The van der Waals surface area contributed by atoms with Crippen LogP contribution in [0.2, 0.25) is 0 Å². The number of hydrazone groups is 1. The quantitative estimate of drug-likeness (QED) is 0.451. The Labute approximate surface area is 203 Å². The molecule has 1 aliphatic carbocycles. The summed E-state index contributed by atoms with van der Waals surface area (Å²) in [7, 11) is 0. The zero-order chi connectivity index (χ0) is 23.9. The van der Waals surface area contributed by atoms with E-state index in [0.29, 0.717) is 5.95 Å². The minimum absolute atomic E-state index is 0.532. The van der Waals surface area contributed by atoms with Crippen molar-refractivity contribution < 1.29 is 4.74 Å². The van der Waals surface area contributed by atoms with Gasteiger partial charge < -0.3 is 14.5 Å². The van der Waals surface area contributed by atoms with E-state index in [2.05, 4.69) is 74.5 Å². The summed E-state index contributed by atoms with van der Waals surface area (Å²) in [6.07, 6.45) is 6.25. The lowest BCUT2D eigenvalue weighted by Crippen LogP contribution is -2.36. The van der Waals surface area contributed by atoms with Gasteiger partial charge in [-0.2, -0.15) is 5.10 Å². The number of morpholine rings is 1. The highest BCUT2D eigenvalue weighted by Gasteiger charge is 2.25. The smallest absolute Gasteiger partial charge is 0.243 e. The van der Waals surface area contributed by atoms with E-state index in [1.165, 1.54) is 28.1 Å². The summed E-state index contributed by atoms with van der Waals surface area (Å²) in [4.78, 5) is 13.6. The summed E-state index contributed by atoms with van der Waals surface area (Å²) in [5.74, 6) is 0.532. The molecule has 0 amide bonds. The standard InChI is InChI=1S/C27H36N6O/c1-5-32(6-2)25-11-7-22(8-12-25)18-23-9-10-24(26(23)33-13-15-34-16-14-33)19-28-31-27-29-20(3)17-21(4)30-27/h7-8,11-12,17-19H,5-6,9-10,13-16H2,1-4H3,(H,29,30,31)/b23-18+,28-19-. The largest absolute Gasteiger partial charge is 0.378 e. The van der Waals surface area contributed by atoms with Gasteiger partial charge in [0.15, 0.2) is 0 Å². The van der Waals surface area contributed by atoms with Gasteiger partial charge in [-0.3, -0.25) is 0 Å². The fourth-order valence-corrected chi connectivity index (χ4v) is 4.69. The third kappa shape index (κ3) is 5.83. The summed E-state index contributed by atoms with van der Waals surface area (Å²) in [5.41, 5.74) is 11.3. The molecule has 2 aromatic rings. The summed E-state index contributed by atoms with van der Waals surface area (Å²) >= 11 is 0. The second kappa shape index (κ2) is 11.3. The average molecular weight is 461 g/mol. The Balaban J connectivity index is 1.58. The Morgan fingerprint density at radius 3 is 2.35 bits per heavy atom. The van der Waals surface area contributed by atoms with Gasteiger partial charge in [0, 0.05) is 49.0 Å². The number of aromatic nitrogens is 2. The van der Waals surface area contributed by atoms with Gasteiger partial charge in [0.1, 0.15) is 0 Å². The Morgan fingerprint density at radius 2 is 1.71 bits per heavy atom. The SMILES string of the molecule is CCN(CC)c1ccc(/C=C2\CCC(/C=N\Nc3nc(C)cc(C)n3)=C2N2CCOCC2)cc1. The molecule has 1 fully saturated rings. The molecule has 2 aliphatic rings. The number of benzene rings is 1. The monoisotopic (exact) mass is 460 g/mol. The van der Waals surface area contributed by atoms with Crippen LogP contribution in [0.1, 0.15) is 43.6 Å². The van der Waals surface area contributed by atoms with Crippen molar-refractivity contribution in [2.24, 2.45) is 5.10 Å². The van der Waals surface area contributed by atoms with E-state index in [0.717, 1.165) is 63.6 Å². The van der Waals surface area contributed by atoms with E-state index < -0.39 is 0 Å². The lowest BCUT2D eigenvalue weighted by atomic mass is 10.1. The molecule has 34 heavy (non-hydrogen) atoms. The molecule has 2 heterocycles. The highest BCUT2D eigenvalue weighted by Crippen LogP contribution is 2.35. The molecule has 1 aromatic heterocycles. The first-order valence-corrected chi connectivity index (χ1v) is 12.3. The van der Waals surface area contributed by atoms with E-state index in [1.54, 1.807) is 0 Å². The Bertz CT molecular complexity index is 1040. The van der Waals surface area contributed by atoms with Crippen LogP contribution in [0.4, 0.5) is 11.6 Å². The van der Waals surface area contributed by atoms with Crippen LogP contribution in [0.25, 0.3) is 6.08 Å². The molecule has 0 radical (unpaired) electrons. The van der Waals surface area contributed by atoms with Crippen molar-refractivity contribution in [1.82, 2.24) is 14.9 Å². The molecule has 0 saturated carbocycles. The minimum Gasteiger partial charge on any atom is -0.378 e. The molecule has 4 rings (SSSR count). The minimum atomic E-state index is 0.532. The van der Waals surface area contributed by atoms with E-state index in [4.69, 9.17) is 4.74 Å². The van der Waals surface area contributed by atoms with Crippen LogP contribution in [-0.2, 0) is 4.74 Å². The van der Waals surface area contributed by atoms with Gasteiger partial charge >= 0.3 is 0 Å². The molecule has 7 heteroatoms. The maximum atomic E-state index is 5.62. The van der Waals surface area contributed by atoms with Crippen LogP contribution in [0.5, 0.6) is 0 Å². The number of allylic oxidation sites excluding steroid dienone is 2. The van der Waals surface area contributed by atoms with E-state index >= 15 is 0 Å². The van der Waals surface area contributed by atoms with Gasteiger partial charge in [0.25, 0.3) is 0 Å². The Hall–Kier alpha value is -3.19. The first kappa shape index (κ1) is 24.0. The van der Waals surface area contributed by atoms with Crippen LogP contribution in [0.15, 0.2) is 52.3 Å². The number of hydrogen-bond acceptors (Lipinski definition) is 7. The maximum absolute atomic E-state index is 5.62. The molecular formula is C27H36N6O. The number of rotatable bonds is 8. The van der Waals surface area contributed by atoms with Gasteiger partial charge in [0.2, 0.25) is 5.95 Å². The fraction of sp³-hybridized carbons (Fsp3) is 0.444. The van der Waals surface area contributed by atoms with Crippen molar-refractivity contribution in [3.8, 4) is 0 Å². The summed E-state index contributed by atoms with van der Waals surface area (Å²) in [6.45, 7) is 13.7. The average Bonchev–Trinajstić information content (AvgIpc) is 3.23. The van der Waals surface area contributed by atoms with Crippen molar-refractivity contribution in [2.45, 2.75) is 40.5 Å². The van der Waals surface area contributed by atoms with E-state index in [1.807, 2.05) is 26.1 Å². The highest BCUT2D eigenvalue weighted by atomic mass is 16.5. The molecule has 1 N–H and O–H groups in total. The van der Waals surface area contributed by atoms with Gasteiger partial charge in [-0.05, 0) is 81.5 Å². The highest BCUT2D eigenvalue weighted by molar-refractivity contribution is 5.84. The molecule has 0 unspecified atom stereocenters. The summed E-state index contributed by atoms with van der Waals surface area (Å²) in [5, 5.41) is 4.49. The molecule has 1 aliphatic heterocycles. The number of nitrogens with zero attached hydrogens (tertiary/aromatic N) is 5. The second-order valence-corrected chi connectivity index (χ2v) is 8.75. The molecule has 0 spiro atoms. The van der Waals surface area contributed by atoms with Crippen LogP contribution in [0, 0.1) is 13.8 Å². The van der Waals surface area contributed by atoms with Gasteiger partial charge in [-0.25, -0.2) is 15.4 Å². The molecule has 1 aromatic carbocycles. The van der Waals surface area contributed by atoms with E-state index in [-0.39, 0.29) is 0 Å². The normalized spacial score (nSPS) is 17.8. The number of ether oxygens (including phenoxy) is 1. The topological polar surface area (TPSA) is 65.9 Å². The van der Waals surface area contributed by atoms with E-state index in [9.17, 15) is 0 Å². The maximum Gasteiger partial charge on any atom is 0.243 e. The fourth-order valence-electron chi connectivity index (χ4n) is 4.69. The summed E-state index contributed by atoms with van der Waals surface area (Å²) < 4.78 is 5.62. The van der Waals surface area contributed by atoms with Crippen LogP contribution >= 0.6 is 0 Å². The third-order valence-electron chi connectivity index (χ3n) is 6.33. The first-order valence-electron chi connectivity index (χ1n) is 12.3. The molecule has 7 nitrogen and oxygen atoms in total. The predicted molar refractivity (Wildman–Crippen MR) is 140 cm³/mol. The number of hydrogen-bond donors (Lipinski definition) is 1. The number of anilines is 2. The molecule has 180 valence electrons. The predicted octanol–water partition coefficient (Wildman–Crippen LogP) is 4.80. The first-order chi connectivity index (χ1) is 16.6. The zero-order valence-corrected chi connectivity index (χ0v) is 20.8. The van der Waals surface area contributed by atoms with Gasteiger partial charge in [-0.15, -0.1) is 0 Å². The van der Waals surface area contributed by atoms with Gasteiger partial charge in [-0.1, -0.05) is 12.1 Å². The van der Waals surface area contributed by atoms with Gasteiger partial charge in [0.05, 0.1) is 19.4 Å². The molecule has 1 saturated heterocycles. The Morgan fingerprint density at radius 1 is 1.03 bits per heavy atom. The number of aryl methyl sites for hydroxylation is 2. The summed E-state index contributed by atoms with van der Waals surface area (Å²) in [6, 6.07) is 10.9. The second-order valence-electron chi connectivity index (χ2n) is 8.75. The third-order valence-corrected chi connectivity index (χ3v) is 6.33. The molecule has 0 bridgehead atoms. The molecular weight excluding hydrogens is 424 g/mol. The van der Waals surface area contributed by atoms with Crippen LogP contribution in [-0.4, -0.2) is 60.5 Å². The van der Waals surface area contributed by atoms with Crippen molar-refractivity contribution in [1.29, 1.82) is 0 Å². The van der Waals surface area contributed by atoms with Crippen molar-refractivity contribution in [3.05, 3.63) is 64.1 Å². The van der Waals surface area contributed by atoms with Crippen LogP contribution < -0.4 is 10.3 Å². The van der Waals surface area contributed by atoms with Crippen molar-refractivity contribution in [3.63, 3.8) is 0 Å². The Kier molecular flexibility index (Phi) is 7.95. The molecule has 0 atom stereocenters. The van der Waals surface area contributed by atoms with Crippen LogP contribution in [0.3, 0.4) is 0 Å². The number of nitrogens with one attached hydrogen (secondary N) is 1. The van der Waals surface area contributed by atoms with Crippen molar-refractivity contribution >= 4 is 23.9 Å². The van der Waals surface area contributed by atoms with Crippen molar-refractivity contribution in [2.75, 3.05) is 49.7 Å². The lowest BCUT2D eigenvalue weighted by molar-refractivity contribution is 0.0548. The lowest BCUT2D eigenvalue weighted by Gasteiger charge is -2.31.